The highest BCUT2D eigenvalue weighted by Gasteiger charge is 2.36. The van der Waals surface area contributed by atoms with Crippen LogP contribution in [-0.2, 0) is 9.59 Å². The highest BCUT2D eigenvalue weighted by atomic mass is 32.2. The van der Waals surface area contributed by atoms with E-state index in [-0.39, 0.29) is 10.6 Å². The molecule has 1 N–H and O–H groups in total. The minimum atomic E-state index is -0.624. The smallest absolute Gasteiger partial charge is 0.294 e. The third-order valence-electron chi connectivity index (χ3n) is 3.45. The normalized spacial score (nSPS) is 15.6. The fourth-order valence-corrected chi connectivity index (χ4v) is 3.10. The molecule has 3 amide bonds. The largest absolute Gasteiger partial charge is 0.324 e. The molecule has 5 nitrogen and oxygen atoms in total. The Morgan fingerprint density at radius 2 is 1.81 bits per heavy atom. The number of hydrogen-bond donors (Lipinski definition) is 1. The standard InChI is InChI=1S/C18H12F2N2O3S/c19-12-6-4-11(5-7-12)8-15-17(24)22(18(25)26-15)10-16(23)21-14-3-1-2-13(20)9-14/h1-9H,10H2,(H,21,23)/b15-8+. The molecular formula is C18H12F2N2O3S. The zero-order valence-electron chi connectivity index (χ0n) is 13.2. The maximum Gasteiger partial charge on any atom is 0.294 e. The fraction of sp³-hybridized carbons (Fsp3) is 0.0556. The van der Waals surface area contributed by atoms with Gasteiger partial charge in [-0.25, -0.2) is 8.78 Å². The molecule has 2 aromatic carbocycles. The van der Waals surface area contributed by atoms with Crippen LogP contribution < -0.4 is 5.32 Å². The first-order valence-corrected chi connectivity index (χ1v) is 8.30. The van der Waals surface area contributed by atoms with Crippen molar-refractivity contribution in [3.05, 3.63) is 70.6 Å². The van der Waals surface area contributed by atoms with Crippen LogP contribution in [0.2, 0.25) is 0 Å². The van der Waals surface area contributed by atoms with Crippen molar-refractivity contribution in [2.45, 2.75) is 0 Å². The van der Waals surface area contributed by atoms with Crippen LogP contribution in [0.4, 0.5) is 19.3 Å². The molecule has 1 saturated heterocycles. The third kappa shape index (κ3) is 4.15. The number of thioether (sulfide) groups is 1. The van der Waals surface area contributed by atoms with E-state index in [1.54, 1.807) is 0 Å². The van der Waals surface area contributed by atoms with Crippen molar-refractivity contribution >= 4 is 40.6 Å². The van der Waals surface area contributed by atoms with Crippen LogP contribution in [-0.4, -0.2) is 28.5 Å². The number of benzene rings is 2. The first-order valence-electron chi connectivity index (χ1n) is 7.49. The summed E-state index contributed by atoms with van der Waals surface area (Å²) in [5.41, 5.74) is 0.782. The molecule has 8 heteroatoms. The molecule has 0 bridgehead atoms. The molecule has 26 heavy (non-hydrogen) atoms. The number of carbonyl (C=O) groups is 3. The molecule has 132 valence electrons. The molecule has 1 aliphatic heterocycles. The molecule has 3 rings (SSSR count). The summed E-state index contributed by atoms with van der Waals surface area (Å²) < 4.78 is 26.1. The minimum absolute atomic E-state index is 0.139. The molecule has 1 aliphatic rings. The Hall–Kier alpha value is -3.00. The quantitative estimate of drug-likeness (QED) is 0.830. The monoisotopic (exact) mass is 374 g/mol. The van der Waals surface area contributed by atoms with E-state index in [0.717, 1.165) is 11.0 Å². The van der Waals surface area contributed by atoms with Crippen LogP contribution in [0.25, 0.3) is 6.08 Å². The van der Waals surface area contributed by atoms with Crippen LogP contribution >= 0.6 is 11.8 Å². The van der Waals surface area contributed by atoms with Gasteiger partial charge in [-0.1, -0.05) is 18.2 Å². The van der Waals surface area contributed by atoms with Crippen molar-refractivity contribution in [3.63, 3.8) is 0 Å². The molecule has 0 aromatic heterocycles. The number of halogens is 2. The van der Waals surface area contributed by atoms with Crippen molar-refractivity contribution in [2.75, 3.05) is 11.9 Å². The number of amides is 3. The first-order chi connectivity index (χ1) is 12.4. The van der Waals surface area contributed by atoms with E-state index < -0.39 is 35.2 Å². The van der Waals surface area contributed by atoms with Gasteiger partial charge >= 0.3 is 0 Å². The van der Waals surface area contributed by atoms with Crippen molar-refractivity contribution in [3.8, 4) is 0 Å². The Balaban J connectivity index is 1.69. The lowest BCUT2D eigenvalue weighted by atomic mass is 10.2. The van der Waals surface area contributed by atoms with E-state index in [0.29, 0.717) is 17.3 Å². The molecule has 2 aromatic rings. The second-order valence-corrected chi connectivity index (χ2v) is 6.37. The lowest BCUT2D eigenvalue weighted by molar-refractivity contribution is -0.127. The SMILES string of the molecule is O=C(CN1C(=O)S/C(=C/c2ccc(F)cc2)C1=O)Nc1cccc(F)c1. The van der Waals surface area contributed by atoms with Crippen molar-refractivity contribution in [1.29, 1.82) is 0 Å². The van der Waals surface area contributed by atoms with Gasteiger partial charge in [0.2, 0.25) is 5.91 Å². The zero-order chi connectivity index (χ0) is 18.7. The highest BCUT2D eigenvalue weighted by Crippen LogP contribution is 2.32. The molecule has 0 saturated carbocycles. The first kappa shape index (κ1) is 17.8. The summed E-state index contributed by atoms with van der Waals surface area (Å²) in [6.07, 6.45) is 1.45. The summed E-state index contributed by atoms with van der Waals surface area (Å²) in [6.45, 7) is -0.484. The summed E-state index contributed by atoms with van der Waals surface area (Å²) in [5.74, 6) is -2.17. The van der Waals surface area contributed by atoms with Crippen molar-refractivity contribution in [1.82, 2.24) is 4.90 Å². The number of rotatable bonds is 4. The highest BCUT2D eigenvalue weighted by molar-refractivity contribution is 8.18. The number of imide groups is 1. The van der Waals surface area contributed by atoms with E-state index in [2.05, 4.69) is 5.32 Å². The van der Waals surface area contributed by atoms with Crippen molar-refractivity contribution in [2.24, 2.45) is 0 Å². The average molecular weight is 374 g/mol. The Labute approximate surface area is 151 Å². The molecule has 0 unspecified atom stereocenters. The number of carbonyl (C=O) groups excluding carboxylic acids is 3. The van der Waals surface area contributed by atoms with Gasteiger partial charge in [-0.3, -0.25) is 19.3 Å². The fourth-order valence-electron chi connectivity index (χ4n) is 2.26. The summed E-state index contributed by atoms with van der Waals surface area (Å²) in [6, 6.07) is 10.7. The molecule has 0 spiro atoms. The molecule has 0 atom stereocenters. The number of nitrogens with one attached hydrogen (secondary N) is 1. The second kappa shape index (κ2) is 7.49. The Morgan fingerprint density at radius 3 is 2.50 bits per heavy atom. The summed E-state index contributed by atoms with van der Waals surface area (Å²) >= 11 is 0.696. The second-order valence-electron chi connectivity index (χ2n) is 5.38. The summed E-state index contributed by atoms with van der Waals surface area (Å²) in [5, 5.41) is 1.84. The Kier molecular flexibility index (Phi) is 5.13. The van der Waals surface area contributed by atoms with Gasteiger partial charge in [0.05, 0.1) is 4.91 Å². The number of nitrogens with zero attached hydrogens (tertiary/aromatic N) is 1. The van der Waals surface area contributed by atoms with Crippen LogP contribution in [0.3, 0.4) is 0 Å². The Bertz CT molecular complexity index is 913. The minimum Gasteiger partial charge on any atom is -0.324 e. The predicted molar refractivity (Wildman–Crippen MR) is 94.1 cm³/mol. The third-order valence-corrected chi connectivity index (χ3v) is 4.36. The van der Waals surface area contributed by atoms with Gasteiger partial charge in [0.1, 0.15) is 18.2 Å². The number of anilines is 1. The molecular weight excluding hydrogens is 362 g/mol. The van der Waals surface area contributed by atoms with Crippen LogP contribution in [0.15, 0.2) is 53.4 Å². The topological polar surface area (TPSA) is 66.5 Å². The zero-order valence-corrected chi connectivity index (χ0v) is 14.1. The summed E-state index contributed by atoms with van der Waals surface area (Å²) in [7, 11) is 0. The molecule has 1 fully saturated rings. The molecule has 0 radical (unpaired) electrons. The summed E-state index contributed by atoms with van der Waals surface area (Å²) in [4.78, 5) is 37.3. The van der Waals surface area contributed by atoms with E-state index >= 15 is 0 Å². The van der Waals surface area contributed by atoms with Gasteiger partial charge in [-0.05, 0) is 53.7 Å². The van der Waals surface area contributed by atoms with E-state index in [1.165, 1.54) is 48.5 Å². The molecule has 1 heterocycles. The predicted octanol–water partition coefficient (Wildman–Crippen LogP) is 3.64. The van der Waals surface area contributed by atoms with E-state index in [1.807, 2.05) is 0 Å². The van der Waals surface area contributed by atoms with E-state index in [9.17, 15) is 23.2 Å². The van der Waals surface area contributed by atoms with Crippen molar-refractivity contribution < 1.29 is 23.2 Å². The van der Waals surface area contributed by atoms with Gasteiger partial charge < -0.3 is 5.32 Å². The molecule has 0 aliphatic carbocycles. The van der Waals surface area contributed by atoms with Gasteiger partial charge in [0, 0.05) is 5.69 Å². The van der Waals surface area contributed by atoms with Crippen LogP contribution in [0, 0.1) is 11.6 Å². The maximum absolute atomic E-state index is 13.1. The van der Waals surface area contributed by atoms with Gasteiger partial charge in [0.15, 0.2) is 0 Å². The van der Waals surface area contributed by atoms with Gasteiger partial charge in [-0.2, -0.15) is 0 Å². The van der Waals surface area contributed by atoms with Gasteiger partial charge in [0.25, 0.3) is 11.1 Å². The van der Waals surface area contributed by atoms with E-state index in [4.69, 9.17) is 0 Å². The Morgan fingerprint density at radius 1 is 1.08 bits per heavy atom. The lowest BCUT2D eigenvalue weighted by Crippen LogP contribution is -2.36. The van der Waals surface area contributed by atoms with Gasteiger partial charge in [-0.15, -0.1) is 0 Å². The average Bonchev–Trinajstić information content (AvgIpc) is 2.84. The van der Waals surface area contributed by atoms with Crippen LogP contribution in [0.5, 0.6) is 0 Å². The number of hydrogen-bond acceptors (Lipinski definition) is 4. The maximum atomic E-state index is 13.1. The van der Waals surface area contributed by atoms with Crippen LogP contribution in [0.1, 0.15) is 5.56 Å². The lowest BCUT2D eigenvalue weighted by Gasteiger charge is -2.12.